The summed E-state index contributed by atoms with van der Waals surface area (Å²) in [5.74, 6) is 0.0460. The quantitative estimate of drug-likeness (QED) is 0.857. The minimum absolute atomic E-state index is 0.0460. The van der Waals surface area contributed by atoms with E-state index < -0.39 is 0 Å². The van der Waals surface area contributed by atoms with E-state index >= 15 is 0 Å². The Kier molecular flexibility index (Phi) is 3.74. The third-order valence-electron chi connectivity index (χ3n) is 3.25. The lowest BCUT2D eigenvalue weighted by Crippen LogP contribution is -2.37. The third-order valence-corrected chi connectivity index (χ3v) is 3.25. The lowest BCUT2D eigenvalue weighted by Gasteiger charge is -2.24. The summed E-state index contributed by atoms with van der Waals surface area (Å²) < 4.78 is 0. The molecule has 92 valence electrons. The molecule has 0 spiro atoms. The molecule has 0 radical (unpaired) electrons. The number of aryl methyl sites for hydroxylation is 1. The number of amides is 1. The molecule has 17 heavy (non-hydrogen) atoms. The highest BCUT2D eigenvalue weighted by Gasteiger charge is 2.29. The number of rotatable bonds is 3. The lowest BCUT2D eigenvalue weighted by molar-refractivity contribution is 0.0726. The first-order chi connectivity index (χ1) is 8.22. The van der Waals surface area contributed by atoms with Crippen molar-refractivity contribution in [2.24, 2.45) is 5.73 Å². The molecule has 2 N–H and O–H groups in total. The van der Waals surface area contributed by atoms with Gasteiger partial charge in [-0.05, 0) is 44.9 Å². The second-order valence-electron chi connectivity index (χ2n) is 4.54. The molecule has 4 heteroatoms. The molecule has 0 saturated carbocycles. The van der Waals surface area contributed by atoms with Crippen molar-refractivity contribution in [3.8, 4) is 0 Å². The Balaban J connectivity index is 2.14. The van der Waals surface area contributed by atoms with Gasteiger partial charge in [-0.2, -0.15) is 0 Å². The van der Waals surface area contributed by atoms with Crippen molar-refractivity contribution < 1.29 is 4.79 Å². The molecule has 0 aromatic carbocycles. The predicted octanol–water partition coefficient (Wildman–Crippen LogP) is 1.34. The first-order valence-electron chi connectivity index (χ1n) is 6.17. The summed E-state index contributed by atoms with van der Waals surface area (Å²) in [5, 5.41) is 0. The van der Waals surface area contributed by atoms with Crippen molar-refractivity contribution in [3.05, 3.63) is 29.6 Å². The van der Waals surface area contributed by atoms with Gasteiger partial charge >= 0.3 is 0 Å². The molecule has 1 saturated heterocycles. The third kappa shape index (κ3) is 2.64. The van der Waals surface area contributed by atoms with Gasteiger partial charge in [-0.3, -0.25) is 4.79 Å². The monoisotopic (exact) mass is 233 g/mol. The Morgan fingerprint density at radius 1 is 1.59 bits per heavy atom. The molecule has 1 aromatic rings. The van der Waals surface area contributed by atoms with E-state index in [4.69, 9.17) is 5.73 Å². The Labute approximate surface area is 102 Å². The van der Waals surface area contributed by atoms with Gasteiger partial charge in [0.25, 0.3) is 5.91 Å². The maximum absolute atomic E-state index is 12.3. The zero-order chi connectivity index (χ0) is 12.3. The molecule has 1 amide bonds. The first-order valence-corrected chi connectivity index (χ1v) is 6.17. The van der Waals surface area contributed by atoms with Gasteiger partial charge in [-0.1, -0.05) is 6.07 Å². The molecule has 1 aliphatic rings. The van der Waals surface area contributed by atoms with E-state index in [-0.39, 0.29) is 5.91 Å². The van der Waals surface area contributed by atoms with E-state index in [0.29, 0.717) is 18.3 Å². The van der Waals surface area contributed by atoms with Crippen LogP contribution in [0.1, 0.15) is 35.4 Å². The van der Waals surface area contributed by atoms with Crippen LogP contribution in [0.25, 0.3) is 0 Å². The van der Waals surface area contributed by atoms with Crippen LogP contribution in [-0.2, 0) is 0 Å². The SMILES string of the molecule is Cc1cccc(C(=O)N2CCCC2CCN)n1. The van der Waals surface area contributed by atoms with Crippen molar-refractivity contribution in [1.29, 1.82) is 0 Å². The van der Waals surface area contributed by atoms with E-state index in [9.17, 15) is 4.79 Å². The molecule has 2 rings (SSSR count). The topological polar surface area (TPSA) is 59.2 Å². The summed E-state index contributed by atoms with van der Waals surface area (Å²) in [4.78, 5) is 18.5. The maximum atomic E-state index is 12.3. The average molecular weight is 233 g/mol. The minimum atomic E-state index is 0.0460. The number of likely N-dealkylation sites (tertiary alicyclic amines) is 1. The van der Waals surface area contributed by atoms with Crippen molar-refractivity contribution in [3.63, 3.8) is 0 Å². The molecule has 0 aliphatic carbocycles. The molecule has 0 bridgehead atoms. The summed E-state index contributed by atoms with van der Waals surface area (Å²) in [7, 11) is 0. The minimum Gasteiger partial charge on any atom is -0.334 e. The highest BCUT2D eigenvalue weighted by Crippen LogP contribution is 2.21. The summed E-state index contributed by atoms with van der Waals surface area (Å²) >= 11 is 0. The van der Waals surface area contributed by atoms with Gasteiger partial charge in [-0.25, -0.2) is 4.98 Å². The second kappa shape index (κ2) is 5.27. The van der Waals surface area contributed by atoms with E-state index in [1.54, 1.807) is 6.07 Å². The Morgan fingerprint density at radius 3 is 3.12 bits per heavy atom. The van der Waals surface area contributed by atoms with Crippen molar-refractivity contribution in [2.75, 3.05) is 13.1 Å². The van der Waals surface area contributed by atoms with Crippen LogP contribution in [0.15, 0.2) is 18.2 Å². The molecule has 1 aliphatic heterocycles. The van der Waals surface area contributed by atoms with Crippen LogP contribution in [0.2, 0.25) is 0 Å². The number of hydrogen-bond donors (Lipinski definition) is 1. The number of pyridine rings is 1. The van der Waals surface area contributed by atoms with Crippen LogP contribution < -0.4 is 5.73 Å². The van der Waals surface area contributed by atoms with Crippen LogP contribution in [0.3, 0.4) is 0 Å². The largest absolute Gasteiger partial charge is 0.334 e. The Bertz CT molecular complexity index is 405. The summed E-state index contributed by atoms with van der Waals surface area (Å²) in [6, 6.07) is 5.87. The molecule has 1 unspecified atom stereocenters. The molecular formula is C13H19N3O. The Hall–Kier alpha value is -1.42. The molecular weight excluding hydrogens is 214 g/mol. The van der Waals surface area contributed by atoms with Gasteiger partial charge in [-0.15, -0.1) is 0 Å². The van der Waals surface area contributed by atoms with Crippen molar-refractivity contribution in [1.82, 2.24) is 9.88 Å². The molecule has 4 nitrogen and oxygen atoms in total. The van der Waals surface area contributed by atoms with Gasteiger partial charge in [0, 0.05) is 18.3 Å². The normalized spacial score (nSPS) is 19.6. The van der Waals surface area contributed by atoms with Crippen LogP contribution in [0.5, 0.6) is 0 Å². The fraction of sp³-hybridized carbons (Fsp3) is 0.538. The summed E-state index contributed by atoms with van der Waals surface area (Å²) in [6.07, 6.45) is 3.02. The molecule has 2 heterocycles. The van der Waals surface area contributed by atoms with Crippen molar-refractivity contribution in [2.45, 2.75) is 32.2 Å². The summed E-state index contributed by atoms with van der Waals surface area (Å²) in [6.45, 7) is 3.37. The van der Waals surface area contributed by atoms with Gasteiger partial charge in [0.1, 0.15) is 5.69 Å². The number of carbonyl (C=O) groups is 1. The highest BCUT2D eigenvalue weighted by atomic mass is 16.2. The van der Waals surface area contributed by atoms with Gasteiger partial charge in [0.2, 0.25) is 0 Å². The van der Waals surface area contributed by atoms with Crippen LogP contribution in [0, 0.1) is 6.92 Å². The molecule has 1 aromatic heterocycles. The van der Waals surface area contributed by atoms with E-state index in [0.717, 1.165) is 31.5 Å². The highest BCUT2D eigenvalue weighted by molar-refractivity contribution is 5.92. The van der Waals surface area contributed by atoms with Gasteiger partial charge in [0.15, 0.2) is 0 Å². The second-order valence-corrected chi connectivity index (χ2v) is 4.54. The van der Waals surface area contributed by atoms with Gasteiger partial charge in [0.05, 0.1) is 0 Å². The summed E-state index contributed by atoms with van der Waals surface area (Å²) in [5.41, 5.74) is 7.01. The predicted molar refractivity (Wildman–Crippen MR) is 66.7 cm³/mol. The molecule has 1 atom stereocenters. The number of carbonyl (C=O) groups excluding carboxylic acids is 1. The van der Waals surface area contributed by atoms with Crippen molar-refractivity contribution >= 4 is 5.91 Å². The zero-order valence-corrected chi connectivity index (χ0v) is 10.2. The smallest absolute Gasteiger partial charge is 0.272 e. The average Bonchev–Trinajstić information content (AvgIpc) is 2.77. The standard InChI is InChI=1S/C13H19N3O/c1-10-4-2-6-12(15-10)13(17)16-9-3-5-11(16)7-8-14/h2,4,6,11H,3,5,7-9,14H2,1H3. The number of aromatic nitrogens is 1. The van der Waals surface area contributed by atoms with Crippen LogP contribution >= 0.6 is 0 Å². The van der Waals surface area contributed by atoms with E-state index in [2.05, 4.69) is 4.98 Å². The molecule has 1 fully saturated rings. The zero-order valence-electron chi connectivity index (χ0n) is 10.2. The van der Waals surface area contributed by atoms with Crippen LogP contribution in [-0.4, -0.2) is 34.9 Å². The number of nitrogens with two attached hydrogens (primary N) is 1. The fourth-order valence-corrected chi connectivity index (χ4v) is 2.40. The number of nitrogens with zero attached hydrogens (tertiary/aromatic N) is 2. The first kappa shape index (κ1) is 12.0. The fourth-order valence-electron chi connectivity index (χ4n) is 2.40. The lowest BCUT2D eigenvalue weighted by atomic mass is 10.1. The van der Waals surface area contributed by atoms with E-state index in [1.165, 1.54) is 0 Å². The van der Waals surface area contributed by atoms with Crippen LogP contribution in [0.4, 0.5) is 0 Å². The Morgan fingerprint density at radius 2 is 2.41 bits per heavy atom. The van der Waals surface area contributed by atoms with Gasteiger partial charge < -0.3 is 10.6 Å². The number of hydrogen-bond acceptors (Lipinski definition) is 3. The van der Waals surface area contributed by atoms with E-state index in [1.807, 2.05) is 24.0 Å². The maximum Gasteiger partial charge on any atom is 0.272 e.